The van der Waals surface area contributed by atoms with E-state index in [1.165, 1.54) is 21.0 Å². The van der Waals surface area contributed by atoms with Gasteiger partial charge in [-0.05, 0) is 66.9 Å². The number of amides is 2. The predicted octanol–water partition coefficient (Wildman–Crippen LogP) is 6.23. The Balaban J connectivity index is 1.50. The molecule has 6 rings (SSSR count). The lowest BCUT2D eigenvalue weighted by atomic mass is 10.00. The Morgan fingerprint density at radius 3 is 2.78 bits per heavy atom. The number of hydrogen-bond donors (Lipinski definition) is 1. The van der Waals surface area contributed by atoms with Gasteiger partial charge in [-0.1, -0.05) is 37.3 Å². The highest BCUT2D eigenvalue weighted by Crippen LogP contribution is 2.44. The zero-order valence-corrected chi connectivity index (χ0v) is 22.3. The van der Waals surface area contributed by atoms with Gasteiger partial charge in [0.2, 0.25) is 0 Å². The number of nitrogens with one attached hydrogen (secondary N) is 1. The summed E-state index contributed by atoms with van der Waals surface area (Å²) in [5, 5.41) is 4.50. The average Bonchev–Trinajstić information content (AvgIpc) is 3.50. The Bertz CT molecular complexity index is 1460. The second kappa shape index (κ2) is 9.72. The summed E-state index contributed by atoms with van der Waals surface area (Å²) in [7, 11) is 3.86. The quantitative estimate of drug-likeness (QED) is 0.352. The number of methoxy groups -OCH3 is 1. The Labute approximate surface area is 222 Å². The summed E-state index contributed by atoms with van der Waals surface area (Å²) in [5.41, 5.74) is 6.79. The van der Waals surface area contributed by atoms with Crippen LogP contribution in [0.2, 0.25) is 0 Å². The van der Waals surface area contributed by atoms with E-state index in [0.717, 1.165) is 54.2 Å². The van der Waals surface area contributed by atoms with Crippen LogP contribution < -0.4 is 10.1 Å². The molecule has 0 bridgehead atoms. The van der Waals surface area contributed by atoms with Crippen LogP contribution in [-0.4, -0.2) is 41.1 Å². The van der Waals surface area contributed by atoms with Crippen molar-refractivity contribution in [2.45, 2.75) is 38.9 Å². The topological polar surface area (TPSA) is 49.7 Å². The van der Waals surface area contributed by atoms with Crippen molar-refractivity contribution in [1.82, 2.24) is 14.4 Å². The first-order valence-electron chi connectivity index (χ1n) is 12.9. The molecule has 4 heterocycles. The molecule has 2 aromatic carbocycles. The molecule has 0 spiro atoms. The number of para-hydroxylation sites is 1. The number of nitrogens with zero attached hydrogens (tertiary/aromatic N) is 3. The van der Waals surface area contributed by atoms with Gasteiger partial charge in [-0.15, -0.1) is 11.3 Å². The molecule has 2 aliphatic rings. The fourth-order valence-electron chi connectivity index (χ4n) is 5.65. The van der Waals surface area contributed by atoms with Crippen LogP contribution in [0, 0.1) is 0 Å². The highest BCUT2D eigenvalue weighted by molar-refractivity contribution is 7.15. The summed E-state index contributed by atoms with van der Waals surface area (Å²) in [5.74, 6) is 0.784. The number of thiophene rings is 1. The molecule has 6 nitrogen and oxygen atoms in total. The van der Waals surface area contributed by atoms with Crippen molar-refractivity contribution in [2.75, 3.05) is 26.0 Å². The zero-order chi connectivity index (χ0) is 25.5. The van der Waals surface area contributed by atoms with E-state index in [0.29, 0.717) is 6.54 Å². The number of ether oxygens (including phenoxy) is 1. The van der Waals surface area contributed by atoms with E-state index >= 15 is 0 Å². The van der Waals surface area contributed by atoms with Crippen molar-refractivity contribution in [3.63, 3.8) is 0 Å². The number of likely N-dealkylation sites (N-methyl/N-ethyl adjacent to an activating group) is 1. The molecule has 2 aliphatic heterocycles. The van der Waals surface area contributed by atoms with Crippen LogP contribution in [-0.2, 0) is 25.9 Å². The lowest BCUT2D eigenvalue weighted by molar-refractivity contribution is 0.194. The second-order valence-corrected chi connectivity index (χ2v) is 10.9. The van der Waals surface area contributed by atoms with E-state index in [9.17, 15) is 4.79 Å². The fraction of sp³-hybridized carbons (Fsp3) is 0.300. The van der Waals surface area contributed by atoms with Gasteiger partial charge in [0, 0.05) is 35.4 Å². The highest BCUT2D eigenvalue weighted by atomic mass is 32.1. The van der Waals surface area contributed by atoms with Crippen molar-refractivity contribution >= 4 is 23.1 Å². The van der Waals surface area contributed by atoms with Crippen LogP contribution in [0.5, 0.6) is 5.75 Å². The number of aromatic nitrogens is 1. The number of carbonyl (C=O) groups excluding carboxylic acids is 1. The molecular weight excluding hydrogens is 480 g/mol. The average molecular weight is 513 g/mol. The minimum absolute atomic E-state index is 0.0952. The summed E-state index contributed by atoms with van der Waals surface area (Å²) < 4.78 is 7.87. The maximum Gasteiger partial charge on any atom is 0.322 e. The number of hydrogen-bond acceptors (Lipinski definition) is 4. The van der Waals surface area contributed by atoms with Crippen LogP contribution >= 0.6 is 11.3 Å². The minimum Gasteiger partial charge on any atom is -0.497 e. The lowest BCUT2D eigenvalue weighted by Gasteiger charge is -2.32. The molecular formula is C30H32N4O2S. The Kier molecular flexibility index (Phi) is 6.26. The van der Waals surface area contributed by atoms with Crippen molar-refractivity contribution in [3.8, 4) is 10.8 Å². The first-order valence-corrected chi connectivity index (χ1v) is 13.7. The van der Waals surface area contributed by atoms with Crippen molar-refractivity contribution < 1.29 is 9.53 Å². The smallest absolute Gasteiger partial charge is 0.322 e. The van der Waals surface area contributed by atoms with Gasteiger partial charge in [-0.2, -0.15) is 0 Å². The van der Waals surface area contributed by atoms with Crippen molar-refractivity contribution in [1.29, 1.82) is 0 Å². The minimum atomic E-state index is -0.264. The molecule has 7 heteroatoms. The largest absolute Gasteiger partial charge is 0.497 e. The van der Waals surface area contributed by atoms with E-state index in [1.54, 1.807) is 7.11 Å². The SMILES string of the molecule is CCc1ccccc1NC(=O)N1Cc2c(sc3c2CCN(C)C3)-n2cccc2[C@H]1c1cccc(OC)c1. The molecule has 190 valence electrons. The third-order valence-electron chi connectivity index (χ3n) is 7.57. The van der Waals surface area contributed by atoms with E-state index in [4.69, 9.17) is 4.74 Å². The molecule has 0 unspecified atom stereocenters. The maximum absolute atomic E-state index is 14.2. The normalized spacial score (nSPS) is 16.9. The Hall–Kier alpha value is -3.55. The molecule has 1 atom stereocenters. The number of anilines is 1. The van der Waals surface area contributed by atoms with Gasteiger partial charge < -0.3 is 24.4 Å². The van der Waals surface area contributed by atoms with Crippen LogP contribution in [0.4, 0.5) is 10.5 Å². The van der Waals surface area contributed by atoms with Crippen molar-refractivity contribution in [2.24, 2.45) is 0 Å². The Morgan fingerprint density at radius 2 is 1.95 bits per heavy atom. The second-order valence-electron chi connectivity index (χ2n) is 9.83. The van der Waals surface area contributed by atoms with E-state index in [-0.39, 0.29) is 12.1 Å². The fourth-order valence-corrected chi connectivity index (χ4v) is 7.09. The summed E-state index contributed by atoms with van der Waals surface area (Å²) in [6.07, 6.45) is 4.00. The third kappa shape index (κ3) is 4.22. The van der Waals surface area contributed by atoms with Crippen molar-refractivity contribution in [3.05, 3.63) is 99.7 Å². The van der Waals surface area contributed by atoms with E-state index < -0.39 is 0 Å². The van der Waals surface area contributed by atoms with E-state index in [2.05, 4.69) is 59.2 Å². The standard InChI is InChI=1S/C30H32N4O2S/c1-4-20-9-5-6-12-25(20)31-30(35)34-18-24-23-14-16-32(2)19-27(23)37-29(24)33-15-8-13-26(33)28(34)21-10-7-11-22(17-21)36-3/h5-13,15,17,28H,4,14,16,18-19H2,1-3H3,(H,31,35)/t28-/m1/s1. The number of fused-ring (bicyclic) bond motifs is 5. The van der Waals surface area contributed by atoms with Gasteiger partial charge >= 0.3 is 6.03 Å². The van der Waals surface area contributed by atoms with Crippen LogP contribution in [0.3, 0.4) is 0 Å². The molecule has 2 aromatic heterocycles. The molecule has 1 N–H and O–H groups in total. The first-order chi connectivity index (χ1) is 18.1. The van der Waals surface area contributed by atoms with Gasteiger partial charge in [0.25, 0.3) is 0 Å². The third-order valence-corrected chi connectivity index (χ3v) is 8.82. The number of urea groups is 1. The monoisotopic (exact) mass is 512 g/mol. The molecule has 2 amide bonds. The number of rotatable bonds is 4. The summed E-state index contributed by atoms with van der Waals surface area (Å²) in [6, 6.07) is 20.0. The molecule has 0 radical (unpaired) electrons. The highest BCUT2D eigenvalue weighted by Gasteiger charge is 2.36. The van der Waals surface area contributed by atoms with Crippen LogP contribution in [0.25, 0.3) is 5.00 Å². The first kappa shape index (κ1) is 23.8. The summed E-state index contributed by atoms with van der Waals surface area (Å²) in [6.45, 7) is 4.65. The van der Waals surface area contributed by atoms with Gasteiger partial charge in [0.1, 0.15) is 10.8 Å². The van der Waals surface area contributed by atoms with Gasteiger partial charge in [0.05, 0.1) is 25.4 Å². The molecule has 37 heavy (non-hydrogen) atoms. The number of benzene rings is 2. The molecule has 0 saturated carbocycles. The zero-order valence-electron chi connectivity index (χ0n) is 21.5. The van der Waals surface area contributed by atoms with Crippen LogP contribution in [0.15, 0.2) is 66.9 Å². The molecule has 0 fully saturated rings. The van der Waals surface area contributed by atoms with Gasteiger partial charge in [-0.25, -0.2) is 4.79 Å². The maximum atomic E-state index is 14.2. The predicted molar refractivity (Wildman–Crippen MR) is 149 cm³/mol. The molecule has 4 aromatic rings. The molecule has 0 aliphatic carbocycles. The lowest BCUT2D eigenvalue weighted by Crippen LogP contribution is -2.38. The number of aryl methyl sites for hydroxylation is 1. The molecule has 0 saturated heterocycles. The van der Waals surface area contributed by atoms with Crippen LogP contribution in [0.1, 0.15) is 45.8 Å². The summed E-state index contributed by atoms with van der Waals surface area (Å²) in [4.78, 5) is 20.0. The number of carbonyl (C=O) groups is 1. The summed E-state index contributed by atoms with van der Waals surface area (Å²) >= 11 is 1.87. The van der Waals surface area contributed by atoms with E-state index in [1.807, 2.05) is 52.6 Å². The van der Waals surface area contributed by atoms with Gasteiger partial charge in [-0.3, -0.25) is 0 Å². The Morgan fingerprint density at radius 1 is 1.08 bits per heavy atom. The van der Waals surface area contributed by atoms with Gasteiger partial charge in [0.15, 0.2) is 0 Å².